The van der Waals surface area contributed by atoms with Crippen LogP contribution >= 0.6 is 22.9 Å². The van der Waals surface area contributed by atoms with Crippen LogP contribution in [-0.4, -0.2) is 6.29 Å². The first-order valence-electron chi connectivity index (χ1n) is 4.67. The fourth-order valence-electron chi connectivity index (χ4n) is 1.47. The third-order valence-corrected chi connectivity index (χ3v) is 3.30. The van der Waals surface area contributed by atoms with E-state index in [1.807, 2.05) is 12.1 Å². The maximum atomic E-state index is 13.4. The average molecular weight is 255 g/mol. The average Bonchev–Trinajstić information content (AvgIpc) is 2.60. The molecule has 0 amide bonds. The number of benzene rings is 1. The molecule has 1 aromatic carbocycles. The Balaban J connectivity index is 2.26. The molecule has 0 saturated carbocycles. The van der Waals surface area contributed by atoms with Crippen LogP contribution in [0, 0.1) is 5.13 Å². The van der Waals surface area contributed by atoms with E-state index in [0.717, 1.165) is 16.9 Å². The van der Waals surface area contributed by atoms with Gasteiger partial charge in [-0.15, -0.1) is 11.3 Å². The SMILES string of the molecule is O=Cc1cc(Cc2cccc(Cl)c2)c(F)s1. The molecule has 0 bridgehead atoms. The molecule has 1 heterocycles. The Labute approximate surface area is 101 Å². The first kappa shape index (κ1) is 11.3. The van der Waals surface area contributed by atoms with Crippen LogP contribution in [-0.2, 0) is 6.42 Å². The summed E-state index contributed by atoms with van der Waals surface area (Å²) in [6.07, 6.45) is 1.12. The molecule has 0 atom stereocenters. The van der Waals surface area contributed by atoms with Gasteiger partial charge in [-0.1, -0.05) is 23.7 Å². The predicted molar refractivity (Wildman–Crippen MR) is 63.9 cm³/mol. The minimum absolute atomic E-state index is 0.304. The van der Waals surface area contributed by atoms with Crippen LogP contribution < -0.4 is 0 Å². The van der Waals surface area contributed by atoms with Crippen molar-refractivity contribution in [2.24, 2.45) is 0 Å². The number of hydrogen-bond acceptors (Lipinski definition) is 2. The van der Waals surface area contributed by atoms with E-state index in [1.165, 1.54) is 0 Å². The number of hydrogen-bond donors (Lipinski definition) is 0. The zero-order valence-electron chi connectivity index (χ0n) is 8.24. The van der Waals surface area contributed by atoms with Crippen molar-refractivity contribution in [3.8, 4) is 0 Å². The lowest BCUT2D eigenvalue weighted by molar-refractivity contribution is 0.112. The van der Waals surface area contributed by atoms with E-state index in [2.05, 4.69) is 0 Å². The van der Waals surface area contributed by atoms with Crippen LogP contribution in [0.2, 0.25) is 5.02 Å². The summed E-state index contributed by atoms with van der Waals surface area (Å²) in [6.45, 7) is 0. The number of halogens is 2. The van der Waals surface area contributed by atoms with E-state index in [9.17, 15) is 9.18 Å². The summed E-state index contributed by atoms with van der Waals surface area (Å²) in [5.74, 6) is 0. The molecule has 0 radical (unpaired) electrons. The van der Waals surface area contributed by atoms with Gasteiger partial charge in [-0.05, 0) is 23.8 Å². The van der Waals surface area contributed by atoms with Crippen molar-refractivity contribution in [1.29, 1.82) is 0 Å². The van der Waals surface area contributed by atoms with Gasteiger partial charge in [0.25, 0.3) is 0 Å². The number of rotatable bonds is 3. The van der Waals surface area contributed by atoms with Crippen molar-refractivity contribution >= 4 is 29.2 Å². The molecular weight excluding hydrogens is 247 g/mol. The molecule has 4 heteroatoms. The van der Waals surface area contributed by atoms with E-state index in [1.54, 1.807) is 18.2 Å². The predicted octanol–water partition coefficient (Wildman–Crippen LogP) is 3.94. The second kappa shape index (κ2) is 4.76. The standard InChI is InChI=1S/C12H8ClFOS/c13-10-3-1-2-8(5-10)4-9-6-11(7-15)16-12(9)14/h1-3,5-7H,4H2. The molecule has 0 aliphatic heterocycles. The van der Waals surface area contributed by atoms with Gasteiger partial charge in [0.15, 0.2) is 11.4 Å². The summed E-state index contributed by atoms with van der Waals surface area (Å²) in [7, 11) is 0. The molecule has 2 rings (SSSR count). The van der Waals surface area contributed by atoms with E-state index < -0.39 is 0 Å². The van der Waals surface area contributed by atoms with Gasteiger partial charge in [-0.25, -0.2) is 0 Å². The van der Waals surface area contributed by atoms with Gasteiger partial charge >= 0.3 is 0 Å². The van der Waals surface area contributed by atoms with Gasteiger partial charge in [0, 0.05) is 17.0 Å². The molecule has 0 saturated heterocycles. The molecule has 0 N–H and O–H groups in total. The molecule has 0 unspecified atom stereocenters. The largest absolute Gasteiger partial charge is 0.297 e. The molecule has 0 aliphatic carbocycles. The molecule has 1 nitrogen and oxygen atoms in total. The van der Waals surface area contributed by atoms with E-state index in [0.29, 0.717) is 28.2 Å². The van der Waals surface area contributed by atoms with Crippen LogP contribution in [0.4, 0.5) is 4.39 Å². The summed E-state index contributed by atoms with van der Waals surface area (Å²) in [6, 6.07) is 8.84. The number of carbonyl (C=O) groups is 1. The normalized spacial score (nSPS) is 10.4. The summed E-state index contributed by atoms with van der Waals surface area (Å²) in [5.41, 5.74) is 1.47. The van der Waals surface area contributed by atoms with Crippen molar-refractivity contribution in [2.75, 3.05) is 0 Å². The smallest absolute Gasteiger partial charge is 0.180 e. The van der Waals surface area contributed by atoms with Gasteiger partial charge in [0.1, 0.15) is 0 Å². The summed E-state index contributed by atoms with van der Waals surface area (Å²) >= 11 is 6.71. The zero-order valence-corrected chi connectivity index (χ0v) is 9.82. The van der Waals surface area contributed by atoms with Crippen molar-refractivity contribution in [1.82, 2.24) is 0 Å². The Bertz CT molecular complexity index is 521. The van der Waals surface area contributed by atoms with Crippen molar-refractivity contribution in [2.45, 2.75) is 6.42 Å². The summed E-state index contributed by atoms with van der Waals surface area (Å²) in [5, 5.41) is 0.325. The highest BCUT2D eigenvalue weighted by molar-refractivity contribution is 7.12. The van der Waals surface area contributed by atoms with Crippen molar-refractivity contribution in [3.63, 3.8) is 0 Å². The molecule has 0 fully saturated rings. The monoisotopic (exact) mass is 254 g/mol. The Morgan fingerprint density at radius 3 is 2.81 bits per heavy atom. The zero-order chi connectivity index (χ0) is 11.5. The quantitative estimate of drug-likeness (QED) is 0.758. The Morgan fingerprint density at radius 2 is 2.19 bits per heavy atom. The second-order valence-electron chi connectivity index (χ2n) is 3.37. The summed E-state index contributed by atoms with van der Waals surface area (Å²) in [4.78, 5) is 10.9. The fraction of sp³-hybridized carbons (Fsp3) is 0.0833. The maximum Gasteiger partial charge on any atom is 0.180 e. The summed E-state index contributed by atoms with van der Waals surface area (Å²) < 4.78 is 13.4. The third kappa shape index (κ3) is 2.49. The van der Waals surface area contributed by atoms with Crippen LogP contribution in [0.3, 0.4) is 0 Å². The van der Waals surface area contributed by atoms with E-state index >= 15 is 0 Å². The molecular formula is C12H8ClFOS. The second-order valence-corrected chi connectivity index (χ2v) is 4.84. The number of aldehydes is 1. The minimum atomic E-state index is -0.304. The highest BCUT2D eigenvalue weighted by Crippen LogP contribution is 2.23. The van der Waals surface area contributed by atoms with Crippen LogP contribution in [0.25, 0.3) is 0 Å². The number of thiophene rings is 1. The van der Waals surface area contributed by atoms with Gasteiger partial charge in [0.2, 0.25) is 0 Å². The van der Waals surface area contributed by atoms with Crippen molar-refractivity contribution in [3.05, 3.63) is 56.5 Å². The molecule has 16 heavy (non-hydrogen) atoms. The maximum absolute atomic E-state index is 13.4. The molecule has 2 aromatic rings. The van der Waals surface area contributed by atoms with Crippen LogP contribution in [0.5, 0.6) is 0 Å². The highest BCUT2D eigenvalue weighted by atomic mass is 35.5. The lowest BCUT2D eigenvalue weighted by atomic mass is 10.1. The first-order valence-corrected chi connectivity index (χ1v) is 5.86. The molecule has 1 aromatic heterocycles. The van der Waals surface area contributed by atoms with Crippen molar-refractivity contribution < 1.29 is 9.18 Å². The number of carbonyl (C=O) groups excluding carboxylic acids is 1. The molecule has 0 spiro atoms. The van der Waals surface area contributed by atoms with Crippen LogP contribution in [0.15, 0.2) is 30.3 Å². The first-order chi connectivity index (χ1) is 7.69. The lowest BCUT2D eigenvalue weighted by Crippen LogP contribution is -1.87. The van der Waals surface area contributed by atoms with Gasteiger partial charge in [-0.2, -0.15) is 4.39 Å². The minimum Gasteiger partial charge on any atom is -0.297 e. The Hall–Kier alpha value is -1.19. The molecule has 82 valence electrons. The highest BCUT2D eigenvalue weighted by Gasteiger charge is 2.09. The van der Waals surface area contributed by atoms with Crippen LogP contribution in [0.1, 0.15) is 20.8 Å². The topological polar surface area (TPSA) is 17.1 Å². The van der Waals surface area contributed by atoms with Gasteiger partial charge < -0.3 is 0 Å². The lowest BCUT2D eigenvalue weighted by Gasteiger charge is -1.99. The van der Waals surface area contributed by atoms with E-state index in [4.69, 9.17) is 11.6 Å². The van der Waals surface area contributed by atoms with E-state index in [-0.39, 0.29) is 5.13 Å². The third-order valence-electron chi connectivity index (χ3n) is 2.18. The Kier molecular flexibility index (Phi) is 3.36. The van der Waals surface area contributed by atoms with Gasteiger partial charge in [0.05, 0.1) is 4.88 Å². The Morgan fingerprint density at radius 1 is 1.38 bits per heavy atom. The fourth-order valence-corrected chi connectivity index (χ4v) is 2.40. The molecule has 0 aliphatic rings. The van der Waals surface area contributed by atoms with Gasteiger partial charge in [-0.3, -0.25) is 4.79 Å².